The quantitative estimate of drug-likeness (QED) is 0.844. The van der Waals surface area contributed by atoms with Gasteiger partial charge in [0.2, 0.25) is 0 Å². The van der Waals surface area contributed by atoms with Crippen LogP contribution in [0.25, 0.3) is 0 Å². The van der Waals surface area contributed by atoms with Crippen molar-refractivity contribution in [3.63, 3.8) is 0 Å². The molecule has 1 aliphatic carbocycles. The average Bonchev–Trinajstić information content (AvgIpc) is 3.21. The highest BCUT2D eigenvalue weighted by Crippen LogP contribution is 2.34. The number of hydrogen-bond acceptors (Lipinski definition) is 3. The summed E-state index contributed by atoms with van der Waals surface area (Å²) in [6.07, 6.45) is 2.52. The van der Waals surface area contributed by atoms with Crippen molar-refractivity contribution in [1.29, 1.82) is 0 Å². The minimum atomic E-state index is -0.378. The van der Waals surface area contributed by atoms with E-state index in [0.29, 0.717) is 24.1 Å². The smallest absolute Gasteiger partial charge is 0.299 e. The molecule has 112 valence electrons. The summed E-state index contributed by atoms with van der Waals surface area (Å²) in [7, 11) is 0. The maximum Gasteiger partial charge on any atom is 0.299 e. The molecule has 21 heavy (non-hydrogen) atoms. The lowest BCUT2D eigenvalue weighted by Gasteiger charge is -2.23. The van der Waals surface area contributed by atoms with Gasteiger partial charge in [0.25, 0.3) is 11.7 Å². The monoisotopic (exact) mass is 286 g/mol. The number of amides is 1. The third kappa shape index (κ3) is 2.72. The maximum absolute atomic E-state index is 12.3. The number of ketones is 1. The summed E-state index contributed by atoms with van der Waals surface area (Å²) >= 11 is 0. The predicted octanol–water partition coefficient (Wildman–Crippen LogP) is 2.22. The first-order valence-electron chi connectivity index (χ1n) is 7.68. The van der Waals surface area contributed by atoms with E-state index in [1.807, 2.05) is 26.0 Å². The fourth-order valence-corrected chi connectivity index (χ4v) is 3.04. The fraction of sp³-hybridized carbons (Fsp3) is 0.529. The first kappa shape index (κ1) is 14.3. The lowest BCUT2D eigenvalue weighted by molar-refractivity contribution is -0.114. The Morgan fingerprint density at radius 3 is 2.67 bits per heavy atom. The number of anilines is 1. The Labute approximate surface area is 125 Å². The second kappa shape index (κ2) is 5.26. The molecule has 1 amide bonds. The molecule has 1 N–H and O–H groups in total. The lowest BCUT2D eigenvalue weighted by atomic mass is 10.0. The summed E-state index contributed by atoms with van der Waals surface area (Å²) in [5.41, 5.74) is 3.41. The zero-order chi connectivity index (χ0) is 15.1. The van der Waals surface area contributed by atoms with Crippen molar-refractivity contribution in [3.8, 4) is 0 Å². The fourth-order valence-electron chi connectivity index (χ4n) is 3.04. The lowest BCUT2D eigenvalue weighted by Crippen LogP contribution is -2.37. The number of carbonyl (C=O) groups is 2. The molecule has 1 aromatic carbocycles. The van der Waals surface area contributed by atoms with E-state index >= 15 is 0 Å². The minimum Gasteiger partial charge on any atom is -0.314 e. The summed E-state index contributed by atoms with van der Waals surface area (Å²) in [5.74, 6) is -0.412. The topological polar surface area (TPSA) is 49.4 Å². The molecule has 0 spiro atoms. The highest BCUT2D eigenvalue weighted by molar-refractivity contribution is 6.52. The van der Waals surface area contributed by atoms with Crippen molar-refractivity contribution >= 4 is 17.4 Å². The number of carbonyl (C=O) groups excluding carboxylic acids is 2. The molecule has 1 unspecified atom stereocenters. The molecule has 1 fully saturated rings. The van der Waals surface area contributed by atoms with Crippen LogP contribution in [0.1, 0.15) is 41.3 Å². The molecule has 1 aromatic rings. The van der Waals surface area contributed by atoms with Crippen LogP contribution in [-0.2, 0) is 4.79 Å². The summed E-state index contributed by atoms with van der Waals surface area (Å²) in [4.78, 5) is 26.1. The molecule has 1 atom stereocenters. The van der Waals surface area contributed by atoms with E-state index in [1.54, 1.807) is 4.90 Å². The average molecular weight is 286 g/mol. The van der Waals surface area contributed by atoms with Gasteiger partial charge in [-0.25, -0.2) is 0 Å². The molecule has 0 bridgehead atoms. The molecular formula is C17H22N2O2. The molecule has 1 saturated carbocycles. The van der Waals surface area contributed by atoms with E-state index in [-0.39, 0.29) is 11.7 Å². The Bertz CT molecular complexity index is 605. The van der Waals surface area contributed by atoms with Crippen molar-refractivity contribution < 1.29 is 9.59 Å². The number of Topliss-reactive ketones (excluding diaryl/α,β-unsaturated/α-hetero) is 1. The van der Waals surface area contributed by atoms with Crippen LogP contribution in [0.5, 0.6) is 0 Å². The molecule has 0 saturated heterocycles. The van der Waals surface area contributed by atoms with Crippen LogP contribution in [0.2, 0.25) is 0 Å². The zero-order valence-corrected chi connectivity index (χ0v) is 12.9. The zero-order valence-electron chi connectivity index (χ0n) is 12.9. The standard InChI is InChI=1S/C17H22N2O2/c1-10-6-12(3)15-14(7-10)16(20)17(21)19(15)9-11(2)8-18-13-4-5-13/h6-7,11,13,18H,4-5,8-9H2,1-3H3. The number of nitrogens with zero attached hydrogens (tertiary/aromatic N) is 1. The molecule has 4 heteroatoms. The van der Waals surface area contributed by atoms with Crippen LogP contribution in [0.15, 0.2) is 12.1 Å². The number of aryl methyl sites for hydroxylation is 2. The Morgan fingerprint density at radius 2 is 2.00 bits per heavy atom. The van der Waals surface area contributed by atoms with Gasteiger partial charge in [0.05, 0.1) is 11.3 Å². The normalized spacial score (nSPS) is 19.1. The third-order valence-corrected chi connectivity index (χ3v) is 4.23. The van der Waals surface area contributed by atoms with Crippen LogP contribution >= 0.6 is 0 Å². The molecule has 0 radical (unpaired) electrons. The molecular weight excluding hydrogens is 264 g/mol. The molecule has 2 aliphatic rings. The number of fused-ring (bicyclic) bond motifs is 1. The number of rotatable bonds is 5. The van der Waals surface area contributed by atoms with E-state index < -0.39 is 0 Å². The van der Waals surface area contributed by atoms with E-state index in [9.17, 15) is 9.59 Å². The molecule has 1 aliphatic heterocycles. The van der Waals surface area contributed by atoms with Crippen molar-refractivity contribution in [3.05, 3.63) is 28.8 Å². The summed E-state index contributed by atoms with van der Waals surface area (Å²) in [6, 6.07) is 4.53. The SMILES string of the molecule is Cc1cc(C)c2c(c1)C(=O)C(=O)N2CC(C)CNC1CC1. The van der Waals surface area contributed by atoms with Gasteiger partial charge in [0, 0.05) is 12.6 Å². The van der Waals surface area contributed by atoms with Gasteiger partial charge >= 0.3 is 0 Å². The van der Waals surface area contributed by atoms with Gasteiger partial charge in [-0.15, -0.1) is 0 Å². The predicted molar refractivity (Wildman–Crippen MR) is 82.8 cm³/mol. The molecule has 3 rings (SSSR count). The van der Waals surface area contributed by atoms with E-state index in [1.165, 1.54) is 12.8 Å². The van der Waals surface area contributed by atoms with Crippen LogP contribution in [-0.4, -0.2) is 30.8 Å². The third-order valence-electron chi connectivity index (χ3n) is 4.23. The summed E-state index contributed by atoms with van der Waals surface area (Å²) in [5, 5.41) is 3.48. The Kier molecular flexibility index (Phi) is 3.57. The van der Waals surface area contributed by atoms with Crippen LogP contribution in [0.4, 0.5) is 5.69 Å². The van der Waals surface area contributed by atoms with Gasteiger partial charge in [-0.3, -0.25) is 9.59 Å². The van der Waals surface area contributed by atoms with Gasteiger partial charge in [0.15, 0.2) is 0 Å². The largest absolute Gasteiger partial charge is 0.314 e. The van der Waals surface area contributed by atoms with Gasteiger partial charge in [-0.1, -0.05) is 13.0 Å². The Hall–Kier alpha value is -1.68. The first-order chi connectivity index (χ1) is 9.97. The number of nitrogens with one attached hydrogen (secondary N) is 1. The minimum absolute atomic E-state index is 0.328. The number of hydrogen-bond donors (Lipinski definition) is 1. The van der Waals surface area contributed by atoms with Gasteiger partial charge in [-0.2, -0.15) is 0 Å². The molecule has 4 nitrogen and oxygen atoms in total. The van der Waals surface area contributed by atoms with Crippen molar-refractivity contribution in [2.75, 3.05) is 18.0 Å². The van der Waals surface area contributed by atoms with Gasteiger partial charge in [-0.05, 0) is 56.3 Å². The maximum atomic E-state index is 12.3. The van der Waals surface area contributed by atoms with E-state index in [0.717, 1.165) is 23.4 Å². The summed E-state index contributed by atoms with van der Waals surface area (Å²) < 4.78 is 0. The number of benzene rings is 1. The highest BCUT2D eigenvalue weighted by Gasteiger charge is 2.37. The molecule has 1 heterocycles. The highest BCUT2D eigenvalue weighted by atomic mass is 16.2. The summed E-state index contributed by atoms with van der Waals surface area (Å²) in [6.45, 7) is 7.53. The second-order valence-corrected chi connectivity index (χ2v) is 6.51. The van der Waals surface area contributed by atoms with Crippen molar-refractivity contribution in [2.45, 2.75) is 39.7 Å². The Morgan fingerprint density at radius 1 is 1.29 bits per heavy atom. The van der Waals surface area contributed by atoms with Gasteiger partial charge in [0.1, 0.15) is 0 Å². The Balaban J connectivity index is 1.79. The van der Waals surface area contributed by atoms with Crippen molar-refractivity contribution in [1.82, 2.24) is 5.32 Å². The molecule has 0 aromatic heterocycles. The second-order valence-electron chi connectivity index (χ2n) is 6.51. The van der Waals surface area contributed by atoms with E-state index in [4.69, 9.17) is 0 Å². The van der Waals surface area contributed by atoms with Gasteiger partial charge < -0.3 is 10.2 Å². The van der Waals surface area contributed by atoms with Crippen LogP contribution in [0, 0.1) is 19.8 Å². The van der Waals surface area contributed by atoms with Crippen LogP contribution in [0.3, 0.4) is 0 Å². The van der Waals surface area contributed by atoms with Crippen LogP contribution < -0.4 is 10.2 Å². The van der Waals surface area contributed by atoms with Crippen molar-refractivity contribution in [2.24, 2.45) is 5.92 Å². The van der Waals surface area contributed by atoms with E-state index in [2.05, 4.69) is 12.2 Å². The first-order valence-corrected chi connectivity index (χ1v) is 7.68.